The number of carboxylic acid groups (broad SMARTS) is 4. The topological polar surface area (TPSA) is 158 Å². The van der Waals surface area contributed by atoms with E-state index in [0.29, 0.717) is 57.8 Å². The van der Waals surface area contributed by atoms with Crippen molar-refractivity contribution in [1.29, 1.82) is 0 Å². The lowest BCUT2D eigenvalue weighted by Gasteiger charge is -2.65. The summed E-state index contributed by atoms with van der Waals surface area (Å²) in [6.07, 6.45) is 30.9. The van der Waals surface area contributed by atoms with E-state index in [-0.39, 0.29) is 51.4 Å². The van der Waals surface area contributed by atoms with E-state index in [1.165, 1.54) is 0 Å². The van der Waals surface area contributed by atoms with Crippen molar-refractivity contribution >= 4 is 23.9 Å². The van der Waals surface area contributed by atoms with Gasteiger partial charge in [0.1, 0.15) is 0 Å². The summed E-state index contributed by atoms with van der Waals surface area (Å²) >= 11 is 0. The smallest absolute Gasteiger partial charge is 0.336 e. The highest BCUT2D eigenvalue weighted by Crippen LogP contribution is 2.71. The molecule has 4 aliphatic carbocycles. The van der Waals surface area contributed by atoms with Gasteiger partial charge in [0.25, 0.3) is 0 Å². The molecule has 0 heterocycles. The fourth-order valence-corrected chi connectivity index (χ4v) is 13.4. The Kier molecular flexibility index (Phi) is 22.4. The standard InChI is InChI=1S/C52H90O9/c53-44(54)48(36-28-20-12-4-1-5-13-21-29-37-48)52(49(45(55)56)38-30-22-14-6-2-7-15-23-31-39-49)43-35-27-19-11-10-18-26-34-42-51(52,47(59)60)61-50(46(57)58)40-32-24-16-8-3-9-17-25-33-41-50/h1-43H2,(H,53,54)(H,55,56)(H,57,58)(H,59,60). The van der Waals surface area contributed by atoms with Gasteiger partial charge in [-0.25, -0.2) is 9.59 Å². The molecule has 0 aliphatic heterocycles. The summed E-state index contributed by atoms with van der Waals surface area (Å²) in [6, 6.07) is 0. The quantitative estimate of drug-likeness (QED) is 0.186. The molecule has 4 fully saturated rings. The van der Waals surface area contributed by atoms with E-state index in [0.717, 1.165) is 167 Å². The highest BCUT2D eigenvalue weighted by molar-refractivity contribution is 5.89. The molecule has 0 radical (unpaired) electrons. The van der Waals surface area contributed by atoms with Crippen LogP contribution in [0.2, 0.25) is 0 Å². The lowest BCUT2D eigenvalue weighted by atomic mass is 9.38. The molecule has 9 nitrogen and oxygen atoms in total. The summed E-state index contributed by atoms with van der Waals surface area (Å²) in [6.45, 7) is 0. The van der Waals surface area contributed by atoms with E-state index in [9.17, 15) is 25.2 Å². The summed E-state index contributed by atoms with van der Waals surface area (Å²) < 4.78 is 7.53. The summed E-state index contributed by atoms with van der Waals surface area (Å²) in [5.74, 6) is -4.72. The predicted molar refractivity (Wildman–Crippen MR) is 243 cm³/mol. The Bertz CT molecular complexity index is 1230. The van der Waals surface area contributed by atoms with Gasteiger partial charge in [-0.3, -0.25) is 9.59 Å². The minimum absolute atomic E-state index is 0.0819. The van der Waals surface area contributed by atoms with Crippen molar-refractivity contribution in [2.45, 2.75) is 287 Å². The first-order chi connectivity index (χ1) is 29.6. The first-order valence-corrected chi connectivity index (χ1v) is 26.2. The molecule has 0 aromatic carbocycles. The van der Waals surface area contributed by atoms with Crippen LogP contribution in [0.15, 0.2) is 0 Å². The SMILES string of the molecule is O=C(O)C1(OC2(C(=O)O)CCCCCCCCCCC2(C2(C(=O)O)CCCCCCCCCCC2)C2(C(=O)O)CCCCCCCCCCC2)CCCCCCCCCCC1. The van der Waals surface area contributed by atoms with Crippen molar-refractivity contribution in [2.75, 3.05) is 0 Å². The Morgan fingerprint density at radius 2 is 0.492 bits per heavy atom. The second kappa shape index (κ2) is 26.6. The molecule has 4 saturated carbocycles. The number of hydrogen-bond donors (Lipinski definition) is 4. The molecule has 61 heavy (non-hydrogen) atoms. The van der Waals surface area contributed by atoms with Crippen molar-refractivity contribution in [3.8, 4) is 0 Å². The summed E-state index contributed by atoms with van der Waals surface area (Å²) in [5.41, 5.74) is -9.73. The van der Waals surface area contributed by atoms with Crippen LogP contribution in [0.4, 0.5) is 0 Å². The molecule has 352 valence electrons. The number of hydrogen-bond acceptors (Lipinski definition) is 5. The van der Waals surface area contributed by atoms with Gasteiger partial charge in [-0.2, -0.15) is 0 Å². The molecular weight excluding hydrogens is 769 g/mol. The second-order valence-electron chi connectivity index (χ2n) is 20.6. The molecule has 0 saturated heterocycles. The molecule has 4 aliphatic rings. The van der Waals surface area contributed by atoms with Crippen LogP contribution in [-0.2, 0) is 23.9 Å². The van der Waals surface area contributed by atoms with E-state index in [2.05, 4.69) is 0 Å². The van der Waals surface area contributed by atoms with Gasteiger partial charge in [0.05, 0.1) is 10.8 Å². The van der Waals surface area contributed by atoms with Crippen LogP contribution in [0, 0.1) is 16.2 Å². The predicted octanol–water partition coefficient (Wildman–Crippen LogP) is 14.6. The molecule has 1 unspecified atom stereocenters. The third kappa shape index (κ3) is 13.0. The number of carbonyl (C=O) groups is 4. The normalized spacial score (nSPS) is 28.0. The highest BCUT2D eigenvalue weighted by atomic mass is 16.6. The minimum atomic E-state index is -2.37. The fraction of sp³-hybridized carbons (Fsp3) is 0.923. The third-order valence-electron chi connectivity index (χ3n) is 16.7. The van der Waals surface area contributed by atoms with Crippen LogP contribution < -0.4 is 0 Å². The van der Waals surface area contributed by atoms with E-state index >= 15 is 14.4 Å². The number of ether oxygens (including phenoxy) is 1. The van der Waals surface area contributed by atoms with E-state index < -0.39 is 51.3 Å². The van der Waals surface area contributed by atoms with Gasteiger partial charge in [-0.15, -0.1) is 0 Å². The van der Waals surface area contributed by atoms with Crippen molar-refractivity contribution in [2.24, 2.45) is 16.2 Å². The van der Waals surface area contributed by atoms with Crippen LogP contribution in [-0.4, -0.2) is 55.5 Å². The first kappa shape index (κ1) is 51.5. The molecular formula is C52H90O9. The summed E-state index contributed by atoms with van der Waals surface area (Å²) in [5, 5.41) is 48.9. The molecule has 0 amide bonds. The molecule has 9 heteroatoms. The Balaban J connectivity index is 2.20. The molecule has 0 spiro atoms. The van der Waals surface area contributed by atoms with Gasteiger partial charge in [-0.1, -0.05) is 205 Å². The van der Waals surface area contributed by atoms with E-state index in [4.69, 9.17) is 4.74 Å². The lowest BCUT2D eigenvalue weighted by molar-refractivity contribution is -0.291. The number of aliphatic carboxylic acids is 4. The average Bonchev–Trinajstić information content (AvgIpc) is 3.20. The van der Waals surface area contributed by atoms with Gasteiger partial charge in [0.15, 0.2) is 11.2 Å². The van der Waals surface area contributed by atoms with Gasteiger partial charge in [0, 0.05) is 5.41 Å². The van der Waals surface area contributed by atoms with E-state index in [1.807, 2.05) is 0 Å². The van der Waals surface area contributed by atoms with Gasteiger partial charge >= 0.3 is 23.9 Å². The van der Waals surface area contributed by atoms with E-state index in [1.54, 1.807) is 0 Å². The summed E-state index contributed by atoms with van der Waals surface area (Å²) in [4.78, 5) is 60.0. The number of rotatable bonds is 8. The zero-order valence-electron chi connectivity index (χ0n) is 38.7. The van der Waals surface area contributed by atoms with Crippen LogP contribution in [0.25, 0.3) is 0 Å². The maximum absolute atomic E-state index is 15.4. The van der Waals surface area contributed by atoms with Crippen molar-refractivity contribution in [3.63, 3.8) is 0 Å². The second-order valence-corrected chi connectivity index (χ2v) is 20.6. The molecule has 0 bridgehead atoms. The molecule has 0 aromatic rings. The van der Waals surface area contributed by atoms with Crippen LogP contribution >= 0.6 is 0 Å². The Morgan fingerprint density at radius 3 is 0.738 bits per heavy atom. The molecule has 0 aromatic heterocycles. The van der Waals surface area contributed by atoms with Gasteiger partial charge in [-0.05, 0) is 70.6 Å². The van der Waals surface area contributed by atoms with Crippen molar-refractivity contribution in [3.05, 3.63) is 0 Å². The molecule has 1 atom stereocenters. The zero-order chi connectivity index (χ0) is 43.9. The first-order valence-electron chi connectivity index (χ1n) is 26.2. The largest absolute Gasteiger partial charge is 0.481 e. The minimum Gasteiger partial charge on any atom is -0.481 e. The van der Waals surface area contributed by atoms with Crippen LogP contribution in [0.1, 0.15) is 276 Å². The molecule has 4 N–H and O–H groups in total. The average molecular weight is 859 g/mol. The van der Waals surface area contributed by atoms with Gasteiger partial charge in [0.2, 0.25) is 0 Å². The molecule has 4 rings (SSSR count). The van der Waals surface area contributed by atoms with Gasteiger partial charge < -0.3 is 25.2 Å². The highest BCUT2D eigenvalue weighted by Gasteiger charge is 2.78. The lowest BCUT2D eigenvalue weighted by Crippen LogP contribution is -2.75. The fourth-order valence-electron chi connectivity index (χ4n) is 13.4. The Morgan fingerprint density at radius 1 is 0.262 bits per heavy atom. The monoisotopic (exact) mass is 859 g/mol. The Labute approximate surface area is 370 Å². The van der Waals surface area contributed by atoms with Crippen LogP contribution in [0.5, 0.6) is 0 Å². The maximum Gasteiger partial charge on any atom is 0.336 e. The van der Waals surface area contributed by atoms with Crippen LogP contribution in [0.3, 0.4) is 0 Å². The number of carboxylic acids is 4. The van der Waals surface area contributed by atoms with Crippen molar-refractivity contribution in [1.82, 2.24) is 0 Å². The van der Waals surface area contributed by atoms with Crippen molar-refractivity contribution < 1.29 is 44.3 Å². The summed E-state index contributed by atoms with van der Waals surface area (Å²) in [7, 11) is 0. The Hall–Kier alpha value is -2.16. The third-order valence-corrected chi connectivity index (χ3v) is 16.7. The maximum atomic E-state index is 15.4. The zero-order valence-corrected chi connectivity index (χ0v) is 38.7.